The van der Waals surface area contributed by atoms with Crippen LogP contribution in [0.25, 0.3) is 77.2 Å². The largest absolute Gasteiger partial charge is 0.309 e. The molecule has 4 heteroatoms. The van der Waals surface area contributed by atoms with Gasteiger partial charge in [-0.2, -0.15) is 10.5 Å². The lowest BCUT2D eigenvalue weighted by molar-refractivity contribution is 1.17. The number of fused-ring (bicyclic) bond motifs is 6. The monoisotopic (exact) mass is 610 g/mol. The molecule has 0 fully saturated rings. The maximum Gasteiger partial charge on any atom is 0.101 e. The van der Waals surface area contributed by atoms with Crippen LogP contribution in [0, 0.1) is 22.7 Å². The molecule has 0 N–H and O–H groups in total. The van der Waals surface area contributed by atoms with Crippen LogP contribution < -0.4 is 0 Å². The summed E-state index contributed by atoms with van der Waals surface area (Å²) in [5.41, 5.74) is 11.4. The van der Waals surface area contributed by atoms with E-state index in [1.54, 1.807) is 0 Å². The summed E-state index contributed by atoms with van der Waals surface area (Å²) < 4.78 is 4.48. The summed E-state index contributed by atoms with van der Waals surface area (Å²) in [7, 11) is 0. The van der Waals surface area contributed by atoms with Gasteiger partial charge in [0.15, 0.2) is 0 Å². The summed E-state index contributed by atoms with van der Waals surface area (Å²) in [5, 5.41) is 24.9. The van der Waals surface area contributed by atoms with Gasteiger partial charge in [-0.1, -0.05) is 109 Å². The second-order valence-corrected chi connectivity index (χ2v) is 11.9. The Bertz CT molecular complexity index is 2750. The van der Waals surface area contributed by atoms with Gasteiger partial charge < -0.3 is 9.13 Å². The molecule has 0 radical (unpaired) electrons. The number of benzene rings is 7. The zero-order valence-corrected chi connectivity index (χ0v) is 25.8. The maximum atomic E-state index is 10.5. The zero-order chi connectivity index (χ0) is 32.2. The third-order valence-corrected chi connectivity index (χ3v) is 9.43. The number of rotatable bonds is 4. The highest BCUT2D eigenvalue weighted by Gasteiger charge is 2.21. The molecule has 48 heavy (non-hydrogen) atoms. The normalized spacial score (nSPS) is 11.3. The number of nitrogens with zero attached hydrogens (tertiary/aromatic N) is 4. The fourth-order valence-corrected chi connectivity index (χ4v) is 7.41. The lowest BCUT2D eigenvalue weighted by Gasteiger charge is -2.18. The van der Waals surface area contributed by atoms with Crippen molar-refractivity contribution in [2.24, 2.45) is 0 Å². The first-order valence-electron chi connectivity index (χ1n) is 15.9. The van der Waals surface area contributed by atoms with Crippen LogP contribution in [0.15, 0.2) is 158 Å². The van der Waals surface area contributed by atoms with Crippen molar-refractivity contribution in [2.45, 2.75) is 0 Å². The molecular formula is C44H26N4. The predicted octanol–water partition coefficient (Wildman–Crippen LogP) is 11.0. The maximum absolute atomic E-state index is 10.5. The van der Waals surface area contributed by atoms with Crippen LogP contribution in [-0.2, 0) is 0 Å². The third-order valence-electron chi connectivity index (χ3n) is 9.43. The second kappa shape index (κ2) is 10.9. The molecule has 7 aromatic carbocycles. The standard InChI is InChI=1S/C44H26N4/c45-27-30-11-10-22-42-43(30)38-17-5-8-21-41(38)48(42)44-31(28-46)12-9-18-37(44)34-14-2-1-13-33(34)29-23-25-32(26-24-29)47-39-19-6-3-15-35(39)36-16-4-7-20-40(36)47/h1-26H. The van der Waals surface area contributed by atoms with Gasteiger partial charge >= 0.3 is 0 Å². The van der Waals surface area contributed by atoms with E-state index in [0.29, 0.717) is 11.1 Å². The molecule has 4 nitrogen and oxygen atoms in total. The Labute approximate surface area is 277 Å². The van der Waals surface area contributed by atoms with Gasteiger partial charge in [-0.15, -0.1) is 0 Å². The quantitative estimate of drug-likeness (QED) is 0.199. The van der Waals surface area contributed by atoms with Gasteiger partial charge in [0.05, 0.1) is 45.0 Å². The first-order valence-corrected chi connectivity index (χ1v) is 15.9. The third kappa shape index (κ3) is 4.01. The van der Waals surface area contributed by atoms with E-state index in [9.17, 15) is 10.5 Å². The molecule has 0 atom stereocenters. The van der Waals surface area contributed by atoms with Crippen molar-refractivity contribution >= 4 is 43.6 Å². The van der Waals surface area contributed by atoms with E-state index < -0.39 is 0 Å². The van der Waals surface area contributed by atoms with Crippen LogP contribution in [0.2, 0.25) is 0 Å². The number of nitriles is 2. The van der Waals surface area contributed by atoms with Crippen LogP contribution in [0.1, 0.15) is 11.1 Å². The van der Waals surface area contributed by atoms with Crippen molar-refractivity contribution in [1.29, 1.82) is 10.5 Å². The molecule has 0 saturated carbocycles. The summed E-state index contributed by atoms with van der Waals surface area (Å²) in [4.78, 5) is 0. The zero-order valence-electron chi connectivity index (χ0n) is 25.8. The Morgan fingerprint density at radius 3 is 1.54 bits per heavy atom. The second-order valence-electron chi connectivity index (χ2n) is 11.9. The summed E-state index contributed by atoms with van der Waals surface area (Å²) in [6.45, 7) is 0. The molecule has 0 amide bonds. The Balaban J connectivity index is 1.25. The molecular weight excluding hydrogens is 585 g/mol. The smallest absolute Gasteiger partial charge is 0.101 e. The average Bonchev–Trinajstić information content (AvgIpc) is 3.67. The fraction of sp³-hybridized carbons (Fsp3) is 0. The molecule has 0 aliphatic rings. The van der Waals surface area contributed by atoms with Crippen molar-refractivity contribution in [3.05, 3.63) is 169 Å². The van der Waals surface area contributed by atoms with Crippen molar-refractivity contribution in [1.82, 2.24) is 9.13 Å². The summed E-state index contributed by atoms with van der Waals surface area (Å²) in [5.74, 6) is 0. The van der Waals surface area contributed by atoms with Gasteiger partial charge in [0.1, 0.15) is 6.07 Å². The Morgan fingerprint density at radius 2 is 0.875 bits per heavy atom. The topological polar surface area (TPSA) is 57.4 Å². The van der Waals surface area contributed by atoms with Crippen molar-refractivity contribution in [3.63, 3.8) is 0 Å². The van der Waals surface area contributed by atoms with E-state index in [0.717, 1.165) is 55.4 Å². The van der Waals surface area contributed by atoms with Gasteiger partial charge in [0.25, 0.3) is 0 Å². The van der Waals surface area contributed by atoms with Crippen molar-refractivity contribution < 1.29 is 0 Å². The fourth-order valence-electron chi connectivity index (χ4n) is 7.41. The Morgan fingerprint density at radius 1 is 0.375 bits per heavy atom. The first-order chi connectivity index (χ1) is 23.8. The molecule has 0 unspecified atom stereocenters. The lowest BCUT2D eigenvalue weighted by atomic mass is 9.92. The highest BCUT2D eigenvalue weighted by Crippen LogP contribution is 2.42. The first kappa shape index (κ1) is 27.4. The van der Waals surface area contributed by atoms with Crippen molar-refractivity contribution in [2.75, 3.05) is 0 Å². The summed E-state index contributed by atoms with van der Waals surface area (Å²) >= 11 is 0. The van der Waals surface area contributed by atoms with Crippen LogP contribution in [0.5, 0.6) is 0 Å². The molecule has 9 rings (SSSR count). The molecule has 0 aliphatic heterocycles. The van der Waals surface area contributed by atoms with Crippen LogP contribution in [0.3, 0.4) is 0 Å². The minimum atomic E-state index is 0.564. The van der Waals surface area contributed by atoms with Crippen LogP contribution in [0.4, 0.5) is 0 Å². The highest BCUT2D eigenvalue weighted by molar-refractivity contribution is 6.13. The van der Waals surface area contributed by atoms with Crippen LogP contribution >= 0.6 is 0 Å². The molecule has 0 aliphatic carbocycles. The predicted molar refractivity (Wildman–Crippen MR) is 195 cm³/mol. The van der Waals surface area contributed by atoms with Crippen molar-refractivity contribution in [3.8, 4) is 45.8 Å². The lowest BCUT2D eigenvalue weighted by Crippen LogP contribution is -2.01. The van der Waals surface area contributed by atoms with E-state index in [1.807, 2.05) is 48.5 Å². The summed E-state index contributed by atoms with van der Waals surface area (Å²) in [6.07, 6.45) is 0. The minimum absolute atomic E-state index is 0.564. The number of para-hydroxylation sites is 4. The summed E-state index contributed by atoms with van der Waals surface area (Å²) in [6, 6.07) is 58.9. The van der Waals surface area contributed by atoms with Gasteiger partial charge in [0.2, 0.25) is 0 Å². The van der Waals surface area contributed by atoms with E-state index in [4.69, 9.17) is 0 Å². The molecule has 2 heterocycles. The molecule has 0 saturated heterocycles. The van der Waals surface area contributed by atoms with E-state index in [2.05, 4.69) is 130 Å². The molecule has 222 valence electrons. The Kier molecular flexibility index (Phi) is 6.22. The number of aromatic nitrogens is 2. The number of hydrogen-bond donors (Lipinski definition) is 0. The molecule has 2 aromatic heterocycles. The van der Waals surface area contributed by atoms with Crippen LogP contribution in [-0.4, -0.2) is 9.13 Å². The Hall–Kier alpha value is -6.88. The van der Waals surface area contributed by atoms with E-state index in [-0.39, 0.29) is 0 Å². The van der Waals surface area contributed by atoms with E-state index in [1.165, 1.54) is 21.8 Å². The van der Waals surface area contributed by atoms with Gasteiger partial charge in [-0.25, -0.2) is 0 Å². The van der Waals surface area contributed by atoms with Gasteiger partial charge in [0, 0.05) is 32.8 Å². The number of hydrogen-bond acceptors (Lipinski definition) is 2. The van der Waals surface area contributed by atoms with Gasteiger partial charge in [-0.05, 0) is 65.2 Å². The molecule has 0 spiro atoms. The van der Waals surface area contributed by atoms with Gasteiger partial charge in [-0.3, -0.25) is 0 Å². The average molecular weight is 611 g/mol. The van der Waals surface area contributed by atoms with E-state index >= 15 is 0 Å². The minimum Gasteiger partial charge on any atom is -0.309 e. The highest BCUT2D eigenvalue weighted by atomic mass is 15.0. The SMILES string of the molecule is N#Cc1cccc(-c2ccccc2-c2ccc(-n3c4ccccc4c4ccccc43)cc2)c1-n1c2ccccc2c2c(C#N)cccc21. The molecule has 9 aromatic rings. The molecule has 0 bridgehead atoms.